The van der Waals surface area contributed by atoms with Gasteiger partial charge in [-0.1, -0.05) is 70.5 Å². The van der Waals surface area contributed by atoms with Gasteiger partial charge in [-0.25, -0.2) is 4.98 Å². The second-order valence-corrected chi connectivity index (χ2v) is 8.37. The van der Waals surface area contributed by atoms with Crippen LogP contribution < -0.4 is 5.32 Å². The van der Waals surface area contributed by atoms with Crippen molar-refractivity contribution in [1.29, 1.82) is 0 Å². The standard InChI is InChI=1S/C25H24BrN3O/c1-18(27-24(30)15-14-19-8-3-2-4-9-19)25-28-22-12-5-6-13-23(22)29(25)17-20-10-7-11-21(26)16-20/h2-13,16,18H,14-15,17H2,1H3,(H,27,30). The Morgan fingerprint density at radius 2 is 1.73 bits per heavy atom. The SMILES string of the molecule is CC(NC(=O)CCc1ccccc1)c1nc2ccccc2n1Cc1cccc(Br)c1. The average Bonchev–Trinajstić information content (AvgIpc) is 3.12. The van der Waals surface area contributed by atoms with Crippen molar-refractivity contribution < 1.29 is 4.79 Å². The summed E-state index contributed by atoms with van der Waals surface area (Å²) in [5, 5.41) is 3.13. The quantitative estimate of drug-likeness (QED) is 0.386. The van der Waals surface area contributed by atoms with E-state index in [0.29, 0.717) is 13.0 Å². The smallest absolute Gasteiger partial charge is 0.220 e. The Balaban J connectivity index is 1.54. The van der Waals surface area contributed by atoms with Gasteiger partial charge in [0.1, 0.15) is 5.82 Å². The molecule has 152 valence electrons. The van der Waals surface area contributed by atoms with E-state index in [2.05, 4.69) is 44.0 Å². The van der Waals surface area contributed by atoms with Crippen LogP contribution in [-0.4, -0.2) is 15.5 Å². The number of hydrogen-bond donors (Lipinski definition) is 1. The molecule has 0 aliphatic carbocycles. The van der Waals surface area contributed by atoms with Crippen molar-refractivity contribution >= 4 is 32.9 Å². The van der Waals surface area contributed by atoms with Gasteiger partial charge in [0.2, 0.25) is 5.91 Å². The predicted octanol–water partition coefficient (Wildman–Crippen LogP) is 5.66. The van der Waals surface area contributed by atoms with Crippen LogP contribution in [0.4, 0.5) is 0 Å². The molecule has 1 N–H and O–H groups in total. The Morgan fingerprint density at radius 3 is 2.53 bits per heavy atom. The Hall–Kier alpha value is -2.92. The third-order valence-electron chi connectivity index (χ3n) is 5.16. The topological polar surface area (TPSA) is 46.9 Å². The van der Waals surface area contributed by atoms with Crippen LogP contribution in [0.2, 0.25) is 0 Å². The maximum Gasteiger partial charge on any atom is 0.220 e. The van der Waals surface area contributed by atoms with Crippen molar-refractivity contribution in [2.45, 2.75) is 32.4 Å². The second-order valence-electron chi connectivity index (χ2n) is 7.45. The van der Waals surface area contributed by atoms with E-state index in [1.54, 1.807) is 0 Å². The van der Waals surface area contributed by atoms with Gasteiger partial charge >= 0.3 is 0 Å². The summed E-state index contributed by atoms with van der Waals surface area (Å²) in [5.41, 5.74) is 4.35. The second kappa shape index (κ2) is 9.26. The first-order chi connectivity index (χ1) is 14.6. The molecule has 30 heavy (non-hydrogen) atoms. The van der Waals surface area contributed by atoms with Gasteiger partial charge in [0.15, 0.2) is 0 Å². The molecule has 0 radical (unpaired) electrons. The summed E-state index contributed by atoms with van der Waals surface area (Å²) in [6.07, 6.45) is 1.19. The number of imidazole rings is 1. The van der Waals surface area contributed by atoms with Gasteiger partial charge in [-0.2, -0.15) is 0 Å². The minimum absolute atomic E-state index is 0.0346. The fourth-order valence-electron chi connectivity index (χ4n) is 3.69. The zero-order valence-electron chi connectivity index (χ0n) is 16.9. The van der Waals surface area contributed by atoms with Gasteiger partial charge in [-0.05, 0) is 48.7 Å². The normalized spacial score (nSPS) is 12.1. The number of carbonyl (C=O) groups excluding carboxylic acids is 1. The zero-order valence-corrected chi connectivity index (χ0v) is 18.5. The van der Waals surface area contributed by atoms with E-state index in [9.17, 15) is 4.79 Å². The Kier molecular flexibility index (Phi) is 6.29. The lowest BCUT2D eigenvalue weighted by Gasteiger charge is -2.17. The van der Waals surface area contributed by atoms with Crippen LogP contribution >= 0.6 is 15.9 Å². The maximum absolute atomic E-state index is 12.6. The van der Waals surface area contributed by atoms with Crippen LogP contribution in [0.3, 0.4) is 0 Å². The van der Waals surface area contributed by atoms with Crippen molar-refractivity contribution in [3.63, 3.8) is 0 Å². The van der Waals surface area contributed by atoms with Crippen molar-refractivity contribution in [3.8, 4) is 0 Å². The molecule has 0 aliphatic heterocycles. The molecule has 1 amide bonds. The number of hydrogen-bond acceptors (Lipinski definition) is 2. The molecule has 0 bridgehead atoms. The molecule has 1 unspecified atom stereocenters. The first-order valence-corrected chi connectivity index (χ1v) is 10.9. The molecule has 0 saturated carbocycles. The lowest BCUT2D eigenvalue weighted by molar-refractivity contribution is -0.121. The van der Waals surface area contributed by atoms with Gasteiger partial charge < -0.3 is 9.88 Å². The number of aromatic nitrogens is 2. The number of benzene rings is 3. The van der Waals surface area contributed by atoms with Crippen LogP contribution in [-0.2, 0) is 17.8 Å². The number of carbonyl (C=O) groups is 1. The highest BCUT2D eigenvalue weighted by atomic mass is 79.9. The van der Waals surface area contributed by atoms with Crippen molar-refractivity contribution in [2.75, 3.05) is 0 Å². The molecule has 0 saturated heterocycles. The molecular formula is C25H24BrN3O. The lowest BCUT2D eigenvalue weighted by Crippen LogP contribution is -2.29. The number of aryl methyl sites for hydroxylation is 1. The van der Waals surface area contributed by atoms with E-state index >= 15 is 0 Å². The number of para-hydroxylation sites is 2. The molecule has 1 atom stereocenters. The fraction of sp³-hybridized carbons (Fsp3) is 0.200. The van der Waals surface area contributed by atoms with E-state index in [-0.39, 0.29) is 11.9 Å². The van der Waals surface area contributed by atoms with Crippen LogP contribution in [0.15, 0.2) is 83.3 Å². The molecule has 0 aliphatic rings. The predicted molar refractivity (Wildman–Crippen MR) is 124 cm³/mol. The van der Waals surface area contributed by atoms with Crippen LogP contribution in [0.1, 0.15) is 36.3 Å². The molecule has 1 heterocycles. The molecule has 0 spiro atoms. The zero-order chi connectivity index (χ0) is 20.9. The summed E-state index contributed by atoms with van der Waals surface area (Å²) in [5.74, 6) is 0.900. The first-order valence-electron chi connectivity index (χ1n) is 10.1. The van der Waals surface area contributed by atoms with Crippen LogP contribution in [0.25, 0.3) is 11.0 Å². The third-order valence-corrected chi connectivity index (χ3v) is 5.66. The minimum atomic E-state index is -0.187. The molecule has 4 aromatic rings. The Bertz CT molecular complexity index is 1150. The number of rotatable bonds is 7. The van der Waals surface area contributed by atoms with E-state index in [0.717, 1.165) is 27.8 Å². The van der Waals surface area contributed by atoms with E-state index in [4.69, 9.17) is 4.98 Å². The summed E-state index contributed by atoms with van der Waals surface area (Å²) < 4.78 is 3.24. The van der Waals surface area contributed by atoms with Gasteiger partial charge in [-0.3, -0.25) is 4.79 Å². The molecule has 3 aromatic carbocycles. The highest BCUT2D eigenvalue weighted by Gasteiger charge is 2.18. The Labute approximate surface area is 185 Å². The van der Waals surface area contributed by atoms with Gasteiger partial charge in [0, 0.05) is 17.4 Å². The lowest BCUT2D eigenvalue weighted by atomic mass is 10.1. The number of halogens is 1. The maximum atomic E-state index is 12.6. The highest BCUT2D eigenvalue weighted by molar-refractivity contribution is 9.10. The fourth-order valence-corrected chi connectivity index (χ4v) is 4.14. The molecule has 5 heteroatoms. The van der Waals surface area contributed by atoms with Crippen LogP contribution in [0, 0.1) is 0 Å². The third kappa shape index (κ3) is 4.79. The average molecular weight is 462 g/mol. The molecule has 4 nitrogen and oxygen atoms in total. The van der Waals surface area contributed by atoms with Crippen molar-refractivity contribution in [2.24, 2.45) is 0 Å². The summed E-state index contributed by atoms with van der Waals surface area (Å²) in [6, 6.07) is 26.3. The minimum Gasteiger partial charge on any atom is -0.346 e. The van der Waals surface area contributed by atoms with E-state index in [1.165, 1.54) is 11.1 Å². The monoisotopic (exact) mass is 461 g/mol. The Morgan fingerprint density at radius 1 is 1.00 bits per heavy atom. The summed E-state index contributed by atoms with van der Waals surface area (Å²) in [6.45, 7) is 2.69. The van der Waals surface area contributed by atoms with Crippen molar-refractivity contribution in [1.82, 2.24) is 14.9 Å². The summed E-state index contributed by atoms with van der Waals surface area (Å²) in [7, 11) is 0. The van der Waals surface area contributed by atoms with Crippen molar-refractivity contribution in [3.05, 3.63) is 100 Å². The number of fused-ring (bicyclic) bond motifs is 1. The molecule has 1 aromatic heterocycles. The van der Waals surface area contributed by atoms with E-state index < -0.39 is 0 Å². The van der Waals surface area contributed by atoms with Gasteiger partial charge in [0.05, 0.1) is 17.1 Å². The van der Waals surface area contributed by atoms with E-state index in [1.807, 2.05) is 67.6 Å². The number of nitrogens with one attached hydrogen (secondary N) is 1. The molecule has 4 rings (SSSR count). The largest absolute Gasteiger partial charge is 0.346 e. The number of amides is 1. The highest BCUT2D eigenvalue weighted by Crippen LogP contribution is 2.23. The summed E-state index contributed by atoms with van der Waals surface area (Å²) in [4.78, 5) is 17.4. The van der Waals surface area contributed by atoms with Crippen LogP contribution in [0.5, 0.6) is 0 Å². The first kappa shape index (κ1) is 20.4. The van der Waals surface area contributed by atoms with Gasteiger partial charge in [0.25, 0.3) is 0 Å². The summed E-state index contributed by atoms with van der Waals surface area (Å²) >= 11 is 3.55. The molecular weight excluding hydrogens is 438 g/mol. The molecule has 0 fully saturated rings. The van der Waals surface area contributed by atoms with Gasteiger partial charge in [-0.15, -0.1) is 0 Å². The number of nitrogens with zero attached hydrogens (tertiary/aromatic N) is 2.